The Balaban J connectivity index is 2.18. The standard InChI is InChI=1S/C14H19NO4S/c1-19-12(7-14(17)18)8-15-13(16)10-20-9-11-5-3-2-4-6-11/h2-6,12H,7-10H2,1H3,(H,15,16)(H,17,18). The topological polar surface area (TPSA) is 75.6 Å². The second kappa shape index (κ2) is 9.39. The Kier molecular flexibility index (Phi) is 7.75. The van der Waals surface area contributed by atoms with Gasteiger partial charge in [0, 0.05) is 19.4 Å². The number of carbonyl (C=O) groups excluding carboxylic acids is 1. The van der Waals surface area contributed by atoms with E-state index in [2.05, 4.69) is 5.32 Å². The number of hydrogen-bond acceptors (Lipinski definition) is 4. The summed E-state index contributed by atoms with van der Waals surface area (Å²) in [6.45, 7) is 0.216. The molecule has 1 aromatic rings. The largest absolute Gasteiger partial charge is 0.481 e. The van der Waals surface area contributed by atoms with Gasteiger partial charge < -0.3 is 15.2 Å². The SMILES string of the molecule is COC(CNC(=O)CSCc1ccccc1)CC(=O)O. The molecule has 6 heteroatoms. The maximum Gasteiger partial charge on any atom is 0.306 e. The summed E-state index contributed by atoms with van der Waals surface area (Å²) in [4.78, 5) is 22.1. The molecule has 0 aliphatic heterocycles. The van der Waals surface area contributed by atoms with Crippen molar-refractivity contribution in [2.24, 2.45) is 0 Å². The molecule has 2 N–H and O–H groups in total. The maximum absolute atomic E-state index is 11.6. The lowest BCUT2D eigenvalue weighted by molar-refractivity contribution is -0.140. The molecule has 0 fully saturated rings. The van der Waals surface area contributed by atoms with Crippen LogP contribution in [0.5, 0.6) is 0 Å². The third kappa shape index (κ3) is 7.16. The molecule has 1 unspecified atom stereocenters. The van der Waals surface area contributed by atoms with Crippen molar-refractivity contribution in [2.75, 3.05) is 19.4 Å². The first kappa shape index (κ1) is 16.5. The Bertz CT molecular complexity index is 424. The molecule has 0 aromatic heterocycles. The summed E-state index contributed by atoms with van der Waals surface area (Å²) in [5.74, 6) is 0.0677. The zero-order valence-corrected chi connectivity index (χ0v) is 12.2. The summed E-state index contributed by atoms with van der Waals surface area (Å²) >= 11 is 1.52. The van der Waals surface area contributed by atoms with E-state index in [0.29, 0.717) is 5.75 Å². The molecule has 110 valence electrons. The first-order chi connectivity index (χ1) is 9.61. The van der Waals surface area contributed by atoms with Crippen LogP contribution >= 0.6 is 11.8 Å². The van der Waals surface area contributed by atoms with Gasteiger partial charge in [-0.15, -0.1) is 11.8 Å². The first-order valence-electron chi connectivity index (χ1n) is 6.24. The van der Waals surface area contributed by atoms with Gasteiger partial charge >= 0.3 is 5.97 Å². The van der Waals surface area contributed by atoms with Crippen molar-refractivity contribution in [3.63, 3.8) is 0 Å². The van der Waals surface area contributed by atoms with Crippen molar-refractivity contribution in [3.8, 4) is 0 Å². The molecule has 1 amide bonds. The van der Waals surface area contributed by atoms with E-state index in [1.807, 2.05) is 30.3 Å². The van der Waals surface area contributed by atoms with Gasteiger partial charge in [-0.05, 0) is 5.56 Å². The zero-order valence-electron chi connectivity index (χ0n) is 11.4. The predicted molar refractivity (Wildman–Crippen MR) is 78.7 cm³/mol. The van der Waals surface area contributed by atoms with E-state index in [9.17, 15) is 9.59 Å². The van der Waals surface area contributed by atoms with E-state index in [1.54, 1.807) is 0 Å². The Morgan fingerprint density at radius 3 is 2.65 bits per heavy atom. The lowest BCUT2D eigenvalue weighted by Crippen LogP contribution is -2.35. The predicted octanol–water partition coefficient (Wildman–Crippen LogP) is 1.53. The summed E-state index contributed by atoms with van der Waals surface area (Å²) in [6.07, 6.45) is -0.607. The van der Waals surface area contributed by atoms with E-state index in [-0.39, 0.29) is 18.9 Å². The number of rotatable bonds is 9. The van der Waals surface area contributed by atoms with E-state index >= 15 is 0 Å². The number of ether oxygens (including phenoxy) is 1. The fraction of sp³-hybridized carbons (Fsp3) is 0.429. The van der Waals surface area contributed by atoms with Crippen LogP contribution in [0.15, 0.2) is 30.3 Å². The van der Waals surface area contributed by atoms with Crippen LogP contribution in [0, 0.1) is 0 Å². The number of carboxylic acids is 1. The van der Waals surface area contributed by atoms with Crippen LogP contribution in [-0.4, -0.2) is 42.5 Å². The quantitative estimate of drug-likeness (QED) is 0.723. The number of thioether (sulfide) groups is 1. The molecule has 0 saturated heterocycles. The molecule has 0 saturated carbocycles. The van der Waals surface area contributed by atoms with Crippen LogP contribution in [0.4, 0.5) is 0 Å². The van der Waals surface area contributed by atoms with E-state index in [4.69, 9.17) is 9.84 Å². The first-order valence-corrected chi connectivity index (χ1v) is 7.40. The molecule has 0 aliphatic rings. The monoisotopic (exact) mass is 297 g/mol. The summed E-state index contributed by atoms with van der Waals surface area (Å²) in [6, 6.07) is 9.90. The minimum atomic E-state index is -0.940. The number of nitrogens with one attached hydrogen (secondary N) is 1. The number of amides is 1. The highest BCUT2D eigenvalue weighted by Crippen LogP contribution is 2.11. The highest BCUT2D eigenvalue weighted by molar-refractivity contribution is 7.99. The third-order valence-electron chi connectivity index (χ3n) is 2.61. The molecule has 0 heterocycles. The third-order valence-corrected chi connectivity index (χ3v) is 3.61. The average Bonchev–Trinajstić information content (AvgIpc) is 2.44. The van der Waals surface area contributed by atoms with Gasteiger partial charge in [-0.25, -0.2) is 0 Å². The van der Waals surface area contributed by atoms with Gasteiger partial charge in [0.05, 0.1) is 18.3 Å². The zero-order chi connectivity index (χ0) is 14.8. The Labute approximate surface area is 122 Å². The van der Waals surface area contributed by atoms with Crippen LogP contribution in [0.1, 0.15) is 12.0 Å². The summed E-state index contributed by atoms with van der Waals surface area (Å²) in [5, 5.41) is 11.3. The second-order valence-corrected chi connectivity index (χ2v) is 5.22. The van der Waals surface area contributed by atoms with Crippen LogP contribution in [0.3, 0.4) is 0 Å². The van der Waals surface area contributed by atoms with E-state index in [0.717, 1.165) is 5.75 Å². The number of carbonyl (C=O) groups is 2. The van der Waals surface area contributed by atoms with E-state index in [1.165, 1.54) is 24.4 Å². The van der Waals surface area contributed by atoms with Crippen molar-refractivity contribution in [2.45, 2.75) is 18.3 Å². The van der Waals surface area contributed by atoms with Crippen molar-refractivity contribution < 1.29 is 19.4 Å². The molecular weight excluding hydrogens is 278 g/mol. The Morgan fingerprint density at radius 1 is 1.35 bits per heavy atom. The van der Waals surface area contributed by atoms with Crippen LogP contribution in [0.25, 0.3) is 0 Å². The maximum atomic E-state index is 11.6. The molecule has 20 heavy (non-hydrogen) atoms. The van der Waals surface area contributed by atoms with Gasteiger partial charge in [0.1, 0.15) is 0 Å². The van der Waals surface area contributed by atoms with Crippen molar-refractivity contribution in [1.82, 2.24) is 5.32 Å². The molecule has 0 aliphatic carbocycles. The fourth-order valence-corrected chi connectivity index (χ4v) is 2.37. The van der Waals surface area contributed by atoms with Crippen molar-refractivity contribution in [1.29, 1.82) is 0 Å². The lowest BCUT2D eigenvalue weighted by Gasteiger charge is -2.13. The van der Waals surface area contributed by atoms with Gasteiger partial charge in [-0.2, -0.15) is 0 Å². The molecule has 0 radical (unpaired) electrons. The minimum Gasteiger partial charge on any atom is -0.481 e. The van der Waals surface area contributed by atoms with Gasteiger partial charge in [0.15, 0.2) is 0 Å². The van der Waals surface area contributed by atoms with Gasteiger partial charge in [-0.3, -0.25) is 9.59 Å². The van der Waals surface area contributed by atoms with Gasteiger partial charge in [0.25, 0.3) is 0 Å². The number of aliphatic carboxylic acids is 1. The number of benzene rings is 1. The molecule has 5 nitrogen and oxygen atoms in total. The normalized spacial score (nSPS) is 11.8. The average molecular weight is 297 g/mol. The van der Waals surface area contributed by atoms with Gasteiger partial charge in [-0.1, -0.05) is 30.3 Å². The molecule has 0 spiro atoms. The lowest BCUT2D eigenvalue weighted by atomic mass is 10.2. The molecular formula is C14H19NO4S. The molecule has 1 atom stereocenters. The number of carboxylic acid groups (broad SMARTS) is 1. The van der Waals surface area contributed by atoms with Crippen molar-refractivity contribution in [3.05, 3.63) is 35.9 Å². The number of hydrogen-bond donors (Lipinski definition) is 2. The van der Waals surface area contributed by atoms with E-state index < -0.39 is 12.1 Å². The van der Waals surface area contributed by atoms with Crippen LogP contribution in [-0.2, 0) is 20.1 Å². The molecule has 1 aromatic carbocycles. The highest BCUT2D eigenvalue weighted by atomic mass is 32.2. The van der Waals surface area contributed by atoms with Crippen LogP contribution in [0.2, 0.25) is 0 Å². The summed E-state index contributed by atoms with van der Waals surface area (Å²) in [5.41, 5.74) is 1.17. The number of methoxy groups -OCH3 is 1. The van der Waals surface area contributed by atoms with Crippen molar-refractivity contribution >= 4 is 23.6 Å². The van der Waals surface area contributed by atoms with Gasteiger partial charge in [0.2, 0.25) is 5.91 Å². The highest BCUT2D eigenvalue weighted by Gasteiger charge is 2.13. The smallest absolute Gasteiger partial charge is 0.306 e. The molecule has 1 rings (SSSR count). The summed E-state index contributed by atoms with van der Waals surface area (Å²) < 4.78 is 4.98. The van der Waals surface area contributed by atoms with Crippen LogP contribution < -0.4 is 5.32 Å². The fourth-order valence-electron chi connectivity index (χ4n) is 1.55. The Morgan fingerprint density at radius 2 is 2.05 bits per heavy atom. The second-order valence-electron chi connectivity index (χ2n) is 4.24. The summed E-state index contributed by atoms with van der Waals surface area (Å²) in [7, 11) is 1.43. The minimum absolute atomic E-state index is 0.113. The Hall–Kier alpha value is -1.53. The molecule has 0 bridgehead atoms.